The molecule has 1 N–H and O–H groups in total. The number of aliphatic carboxylic acids is 1. The van der Waals surface area contributed by atoms with Crippen LogP contribution in [-0.2, 0) is 11.3 Å². The zero-order chi connectivity index (χ0) is 19.3. The second kappa shape index (κ2) is 8.61. The maximum absolute atomic E-state index is 13.1. The topological polar surface area (TPSA) is 54.6 Å². The minimum absolute atomic E-state index is 0.148. The van der Waals surface area contributed by atoms with Crippen LogP contribution in [-0.4, -0.2) is 28.4 Å². The van der Waals surface area contributed by atoms with E-state index in [1.807, 2.05) is 20.8 Å². The van der Waals surface area contributed by atoms with Gasteiger partial charge >= 0.3 is 5.97 Å². The van der Waals surface area contributed by atoms with Crippen LogP contribution in [0.15, 0.2) is 41.5 Å². The number of halogens is 1. The molecule has 0 aliphatic heterocycles. The largest absolute Gasteiger partial charge is 0.477 e. The van der Waals surface area contributed by atoms with Crippen LogP contribution in [0, 0.1) is 19.7 Å². The predicted octanol–water partition coefficient (Wildman–Crippen LogP) is 4.63. The molecule has 0 aliphatic rings. The molecular weight excluding hydrogens is 331 g/mol. The van der Waals surface area contributed by atoms with Crippen LogP contribution in [0.3, 0.4) is 0 Å². The molecule has 0 amide bonds. The van der Waals surface area contributed by atoms with Gasteiger partial charge in [0.1, 0.15) is 11.5 Å². The van der Waals surface area contributed by atoms with Gasteiger partial charge in [-0.05, 0) is 49.1 Å². The summed E-state index contributed by atoms with van der Waals surface area (Å²) in [6.07, 6.45) is 5.22. The fourth-order valence-corrected chi connectivity index (χ4v) is 3.20. The molecule has 0 spiro atoms. The highest BCUT2D eigenvalue weighted by molar-refractivity contribution is 6.37. The third-order valence-electron chi connectivity index (χ3n) is 4.45. The van der Waals surface area contributed by atoms with Crippen molar-refractivity contribution in [2.45, 2.75) is 40.2 Å². The zero-order valence-electron chi connectivity index (χ0n) is 15.7. The van der Waals surface area contributed by atoms with Crippen LogP contribution in [0.1, 0.15) is 42.1 Å². The van der Waals surface area contributed by atoms with Crippen LogP contribution >= 0.6 is 0 Å². The number of benzene rings is 1. The van der Waals surface area contributed by atoms with Crippen LogP contribution < -0.4 is 0 Å². The van der Waals surface area contributed by atoms with Crippen molar-refractivity contribution < 1.29 is 14.3 Å². The lowest BCUT2D eigenvalue weighted by atomic mass is 9.96. The van der Waals surface area contributed by atoms with E-state index in [0.29, 0.717) is 13.0 Å². The predicted molar refractivity (Wildman–Crippen MR) is 103 cm³/mol. The molecule has 0 bridgehead atoms. The van der Waals surface area contributed by atoms with Gasteiger partial charge in [-0.25, -0.2) is 9.18 Å². The first-order chi connectivity index (χ1) is 12.4. The molecule has 2 rings (SSSR count). The van der Waals surface area contributed by atoms with Crippen molar-refractivity contribution in [3.8, 4) is 0 Å². The van der Waals surface area contributed by atoms with Gasteiger partial charge in [-0.2, -0.15) is 0 Å². The standard InChI is InChI=1S/C21H25FN2O2/c1-5-6-17(11-19(23-4)21(25)26)20-14(2)12-24(15(20)3)13-16-7-9-18(22)10-8-16/h6-10,12H,5,11,13H2,1-4H3,(H,25,26)/b17-6-,23-19?. The van der Waals surface area contributed by atoms with E-state index in [0.717, 1.165) is 34.4 Å². The summed E-state index contributed by atoms with van der Waals surface area (Å²) in [4.78, 5) is 15.3. The Balaban J connectivity index is 2.38. The number of aliphatic imine (C=N–C) groups is 1. The normalized spacial score (nSPS) is 12.5. The fourth-order valence-electron chi connectivity index (χ4n) is 3.20. The van der Waals surface area contributed by atoms with E-state index in [1.165, 1.54) is 19.2 Å². The van der Waals surface area contributed by atoms with Gasteiger partial charge < -0.3 is 9.67 Å². The summed E-state index contributed by atoms with van der Waals surface area (Å²) in [6.45, 7) is 6.72. The summed E-state index contributed by atoms with van der Waals surface area (Å²) in [6, 6.07) is 6.47. The van der Waals surface area contributed by atoms with E-state index in [4.69, 9.17) is 0 Å². The number of hydrogen-bond acceptors (Lipinski definition) is 2. The summed E-state index contributed by atoms with van der Waals surface area (Å²) in [5.41, 5.74) is 5.35. The summed E-state index contributed by atoms with van der Waals surface area (Å²) in [5, 5.41) is 9.30. The molecular formula is C21H25FN2O2. The van der Waals surface area contributed by atoms with E-state index >= 15 is 0 Å². The van der Waals surface area contributed by atoms with Gasteiger partial charge in [0.25, 0.3) is 0 Å². The molecule has 1 aromatic carbocycles. The second-order valence-electron chi connectivity index (χ2n) is 6.32. The van der Waals surface area contributed by atoms with Crippen molar-refractivity contribution in [3.63, 3.8) is 0 Å². The van der Waals surface area contributed by atoms with E-state index < -0.39 is 5.97 Å². The summed E-state index contributed by atoms with van der Waals surface area (Å²) in [5.74, 6) is -1.24. The van der Waals surface area contributed by atoms with Crippen LogP contribution in [0.5, 0.6) is 0 Å². The summed E-state index contributed by atoms with van der Waals surface area (Å²) >= 11 is 0. The Hall–Kier alpha value is -2.69. The van der Waals surface area contributed by atoms with Gasteiger partial charge in [0.2, 0.25) is 0 Å². The molecule has 4 nitrogen and oxygen atoms in total. The molecule has 2 aromatic rings. The number of carboxylic acid groups (broad SMARTS) is 1. The molecule has 26 heavy (non-hydrogen) atoms. The Bertz CT molecular complexity index is 846. The number of rotatable bonds is 7. The molecule has 0 radical (unpaired) electrons. The highest BCUT2D eigenvalue weighted by Gasteiger charge is 2.18. The van der Waals surface area contributed by atoms with Gasteiger partial charge in [0.05, 0.1) is 0 Å². The third kappa shape index (κ3) is 4.48. The summed E-state index contributed by atoms with van der Waals surface area (Å²) in [7, 11) is 1.51. The molecule has 5 heteroatoms. The van der Waals surface area contributed by atoms with Crippen molar-refractivity contribution >= 4 is 17.3 Å². The maximum Gasteiger partial charge on any atom is 0.350 e. The van der Waals surface area contributed by atoms with Gasteiger partial charge in [-0.1, -0.05) is 25.1 Å². The number of hydrogen-bond donors (Lipinski definition) is 1. The van der Waals surface area contributed by atoms with Crippen molar-refractivity contribution in [1.82, 2.24) is 4.57 Å². The van der Waals surface area contributed by atoms with Crippen LogP contribution in [0.4, 0.5) is 4.39 Å². The third-order valence-corrected chi connectivity index (χ3v) is 4.45. The van der Waals surface area contributed by atoms with Gasteiger partial charge in [0.15, 0.2) is 0 Å². The maximum atomic E-state index is 13.1. The highest BCUT2D eigenvalue weighted by Crippen LogP contribution is 2.29. The minimum Gasteiger partial charge on any atom is -0.477 e. The summed E-state index contributed by atoms with van der Waals surface area (Å²) < 4.78 is 15.2. The smallest absolute Gasteiger partial charge is 0.350 e. The Morgan fingerprint density at radius 3 is 2.46 bits per heavy atom. The SMILES string of the molecule is CC/C=C(/CC(=NC)C(=O)O)c1c(C)cn(Cc2ccc(F)cc2)c1C. The lowest BCUT2D eigenvalue weighted by Gasteiger charge is -2.11. The van der Waals surface area contributed by atoms with E-state index in [9.17, 15) is 14.3 Å². The lowest BCUT2D eigenvalue weighted by molar-refractivity contribution is -0.129. The molecule has 0 saturated carbocycles. The Morgan fingerprint density at radius 1 is 1.27 bits per heavy atom. The molecule has 0 fully saturated rings. The zero-order valence-corrected chi connectivity index (χ0v) is 15.7. The molecule has 0 saturated heterocycles. The number of carboxylic acids is 1. The van der Waals surface area contributed by atoms with E-state index in [1.54, 1.807) is 12.1 Å². The number of nitrogens with zero attached hydrogens (tertiary/aromatic N) is 2. The molecule has 138 valence electrons. The molecule has 0 unspecified atom stereocenters. The van der Waals surface area contributed by atoms with Crippen LogP contribution in [0.2, 0.25) is 0 Å². The van der Waals surface area contributed by atoms with Gasteiger partial charge in [-0.3, -0.25) is 4.99 Å². The molecule has 1 heterocycles. The Morgan fingerprint density at radius 2 is 1.92 bits per heavy atom. The van der Waals surface area contributed by atoms with Gasteiger partial charge in [0, 0.05) is 37.5 Å². The highest BCUT2D eigenvalue weighted by atomic mass is 19.1. The first-order valence-electron chi connectivity index (χ1n) is 8.66. The average Bonchev–Trinajstić information content (AvgIpc) is 2.87. The van der Waals surface area contributed by atoms with Crippen molar-refractivity contribution in [1.29, 1.82) is 0 Å². The van der Waals surface area contributed by atoms with Crippen molar-refractivity contribution in [2.24, 2.45) is 4.99 Å². The minimum atomic E-state index is -0.990. The number of aryl methyl sites for hydroxylation is 1. The number of carbonyl (C=O) groups is 1. The van der Waals surface area contributed by atoms with Crippen molar-refractivity contribution in [2.75, 3.05) is 7.05 Å². The average molecular weight is 356 g/mol. The molecule has 1 aromatic heterocycles. The van der Waals surface area contributed by atoms with Crippen molar-refractivity contribution in [3.05, 3.63) is 64.7 Å². The second-order valence-corrected chi connectivity index (χ2v) is 6.32. The monoisotopic (exact) mass is 356 g/mol. The van der Waals surface area contributed by atoms with E-state index in [-0.39, 0.29) is 11.5 Å². The molecule has 0 aliphatic carbocycles. The first kappa shape index (κ1) is 19.6. The number of aromatic nitrogens is 1. The lowest BCUT2D eigenvalue weighted by Crippen LogP contribution is -2.14. The van der Waals surface area contributed by atoms with Crippen LogP contribution in [0.25, 0.3) is 5.57 Å². The quantitative estimate of drug-likeness (QED) is 0.735. The fraction of sp³-hybridized carbons (Fsp3) is 0.333. The number of allylic oxidation sites excluding steroid dienone is 2. The molecule has 0 atom stereocenters. The Kier molecular flexibility index (Phi) is 6.50. The Labute approximate surface area is 153 Å². The van der Waals surface area contributed by atoms with E-state index in [2.05, 4.69) is 21.8 Å². The first-order valence-corrected chi connectivity index (χ1v) is 8.66. The van der Waals surface area contributed by atoms with Gasteiger partial charge in [-0.15, -0.1) is 0 Å².